The van der Waals surface area contributed by atoms with Crippen molar-refractivity contribution in [2.75, 3.05) is 7.11 Å². The highest BCUT2D eigenvalue weighted by Crippen LogP contribution is 2.36. The van der Waals surface area contributed by atoms with E-state index in [1.807, 2.05) is 0 Å². The molecule has 0 aromatic heterocycles. The third-order valence-corrected chi connectivity index (χ3v) is 2.00. The molecule has 1 amide bonds. The standard InChI is InChI=1S/C10H7F3N2O2/c1-17-7-3-5(4-14)2-6(10(11,12)13)8(7)9(15)16/h2-3H,1H3,(H2,15,16). The van der Waals surface area contributed by atoms with Gasteiger partial charge in [-0.1, -0.05) is 0 Å². The first-order chi connectivity index (χ1) is 7.81. The second-order valence-corrected chi connectivity index (χ2v) is 3.07. The fourth-order valence-electron chi connectivity index (χ4n) is 1.32. The molecule has 90 valence electrons. The first kappa shape index (κ1) is 12.8. The molecule has 2 N–H and O–H groups in total. The molecule has 0 radical (unpaired) electrons. The molecule has 0 saturated heterocycles. The average molecular weight is 244 g/mol. The summed E-state index contributed by atoms with van der Waals surface area (Å²) in [6.07, 6.45) is -4.79. The van der Waals surface area contributed by atoms with Crippen molar-refractivity contribution in [3.05, 3.63) is 28.8 Å². The predicted molar refractivity (Wildman–Crippen MR) is 51.2 cm³/mol. The van der Waals surface area contributed by atoms with Gasteiger partial charge in [-0.3, -0.25) is 4.79 Å². The van der Waals surface area contributed by atoms with E-state index in [4.69, 9.17) is 11.0 Å². The molecular formula is C10H7F3N2O2. The molecule has 0 bridgehead atoms. The number of halogens is 3. The minimum absolute atomic E-state index is 0.265. The fourth-order valence-corrected chi connectivity index (χ4v) is 1.32. The molecule has 0 saturated carbocycles. The van der Waals surface area contributed by atoms with Crippen molar-refractivity contribution in [3.8, 4) is 11.8 Å². The van der Waals surface area contributed by atoms with Gasteiger partial charge in [-0.2, -0.15) is 18.4 Å². The lowest BCUT2D eigenvalue weighted by atomic mass is 10.0. The zero-order chi connectivity index (χ0) is 13.2. The molecule has 0 fully saturated rings. The molecule has 17 heavy (non-hydrogen) atoms. The van der Waals surface area contributed by atoms with E-state index in [0.29, 0.717) is 6.07 Å². The summed E-state index contributed by atoms with van der Waals surface area (Å²) < 4.78 is 42.6. The van der Waals surface area contributed by atoms with E-state index in [1.54, 1.807) is 6.07 Å². The molecule has 0 aliphatic heterocycles. The SMILES string of the molecule is COc1cc(C#N)cc(C(F)(F)F)c1C(N)=O. The Bertz CT molecular complexity index is 503. The maximum atomic E-state index is 12.7. The van der Waals surface area contributed by atoms with Crippen LogP contribution in [0.15, 0.2) is 12.1 Å². The minimum Gasteiger partial charge on any atom is -0.496 e. The normalized spacial score (nSPS) is 10.8. The van der Waals surface area contributed by atoms with Gasteiger partial charge in [0.15, 0.2) is 0 Å². The number of hydrogen-bond acceptors (Lipinski definition) is 3. The Balaban J connectivity index is 3.66. The summed E-state index contributed by atoms with van der Waals surface area (Å²) in [6.45, 7) is 0. The van der Waals surface area contributed by atoms with E-state index >= 15 is 0 Å². The van der Waals surface area contributed by atoms with Gasteiger partial charge in [-0.15, -0.1) is 0 Å². The van der Waals surface area contributed by atoms with Gasteiger partial charge in [0.1, 0.15) is 5.75 Å². The van der Waals surface area contributed by atoms with Crippen molar-refractivity contribution in [2.24, 2.45) is 5.73 Å². The summed E-state index contributed by atoms with van der Waals surface area (Å²) in [6, 6.07) is 3.13. The van der Waals surface area contributed by atoms with Crippen molar-refractivity contribution in [1.29, 1.82) is 5.26 Å². The Morgan fingerprint density at radius 2 is 2.06 bits per heavy atom. The van der Waals surface area contributed by atoms with Crippen LogP contribution in [-0.4, -0.2) is 13.0 Å². The second-order valence-electron chi connectivity index (χ2n) is 3.07. The zero-order valence-corrected chi connectivity index (χ0v) is 8.63. The van der Waals surface area contributed by atoms with Gasteiger partial charge in [0.05, 0.1) is 29.9 Å². The van der Waals surface area contributed by atoms with Crippen LogP contribution in [0, 0.1) is 11.3 Å². The highest BCUT2D eigenvalue weighted by molar-refractivity contribution is 5.97. The summed E-state index contributed by atoms with van der Waals surface area (Å²) in [7, 11) is 1.09. The maximum Gasteiger partial charge on any atom is 0.417 e. The Kier molecular flexibility index (Phi) is 3.27. The average Bonchev–Trinajstić information content (AvgIpc) is 2.25. The number of primary amides is 1. The van der Waals surface area contributed by atoms with E-state index < -0.39 is 23.2 Å². The van der Waals surface area contributed by atoms with E-state index in [1.165, 1.54) is 0 Å². The molecule has 0 spiro atoms. The number of nitriles is 1. The highest BCUT2D eigenvalue weighted by Gasteiger charge is 2.37. The number of benzene rings is 1. The van der Waals surface area contributed by atoms with Crippen molar-refractivity contribution >= 4 is 5.91 Å². The quantitative estimate of drug-likeness (QED) is 0.859. The van der Waals surface area contributed by atoms with Crippen molar-refractivity contribution < 1.29 is 22.7 Å². The number of ether oxygens (including phenoxy) is 1. The molecule has 0 atom stereocenters. The van der Waals surface area contributed by atoms with Gasteiger partial charge in [-0.05, 0) is 12.1 Å². The Labute approximate surface area is 94.4 Å². The van der Waals surface area contributed by atoms with E-state index in [0.717, 1.165) is 13.2 Å². The van der Waals surface area contributed by atoms with Gasteiger partial charge in [0, 0.05) is 0 Å². The highest BCUT2D eigenvalue weighted by atomic mass is 19.4. The number of carbonyl (C=O) groups is 1. The topological polar surface area (TPSA) is 76.1 Å². The van der Waals surface area contributed by atoms with Crippen molar-refractivity contribution in [3.63, 3.8) is 0 Å². The molecule has 0 aliphatic carbocycles. The molecule has 7 heteroatoms. The largest absolute Gasteiger partial charge is 0.496 e. The van der Waals surface area contributed by atoms with Gasteiger partial charge < -0.3 is 10.5 Å². The molecule has 0 unspecified atom stereocenters. The first-order valence-electron chi connectivity index (χ1n) is 4.30. The number of carbonyl (C=O) groups excluding carboxylic acids is 1. The number of nitrogens with two attached hydrogens (primary N) is 1. The summed E-state index contributed by atoms with van der Waals surface area (Å²) in [4.78, 5) is 11.0. The van der Waals surface area contributed by atoms with E-state index in [-0.39, 0.29) is 11.3 Å². The molecule has 0 heterocycles. The smallest absolute Gasteiger partial charge is 0.417 e. The van der Waals surface area contributed by atoms with E-state index in [2.05, 4.69) is 4.74 Å². The monoisotopic (exact) mass is 244 g/mol. The van der Waals surface area contributed by atoms with Crippen LogP contribution in [0.1, 0.15) is 21.5 Å². The van der Waals surface area contributed by atoms with Gasteiger partial charge >= 0.3 is 6.18 Å². The van der Waals surface area contributed by atoms with Crippen LogP contribution in [0.4, 0.5) is 13.2 Å². The van der Waals surface area contributed by atoms with Crippen molar-refractivity contribution in [2.45, 2.75) is 6.18 Å². The van der Waals surface area contributed by atoms with Crippen LogP contribution in [0.3, 0.4) is 0 Å². The second kappa shape index (κ2) is 4.33. The lowest BCUT2D eigenvalue weighted by molar-refractivity contribution is -0.138. The van der Waals surface area contributed by atoms with Crippen molar-refractivity contribution in [1.82, 2.24) is 0 Å². The molecular weight excluding hydrogens is 237 g/mol. The van der Waals surface area contributed by atoms with Gasteiger partial charge in [0.2, 0.25) is 0 Å². The lowest BCUT2D eigenvalue weighted by Gasteiger charge is -2.14. The Morgan fingerprint density at radius 3 is 2.41 bits per heavy atom. The molecule has 1 aromatic rings. The summed E-state index contributed by atoms with van der Waals surface area (Å²) in [5.41, 5.74) is 2.56. The Hall–Kier alpha value is -2.23. The number of rotatable bonds is 2. The molecule has 4 nitrogen and oxygen atoms in total. The van der Waals surface area contributed by atoms with Crippen LogP contribution in [0.2, 0.25) is 0 Å². The predicted octanol–water partition coefficient (Wildman–Crippen LogP) is 1.68. The van der Waals surface area contributed by atoms with Gasteiger partial charge in [-0.25, -0.2) is 0 Å². The molecule has 1 aromatic carbocycles. The van der Waals surface area contributed by atoms with Crippen LogP contribution in [0.25, 0.3) is 0 Å². The number of amides is 1. The number of hydrogen-bond donors (Lipinski definition) is 1. The third-order valence-electron chi connectivity index (χ3n) is 2.00. The molecule has 0 aliphatic rings. The summed E-state index contributed by atoms with van der Waals surface area (Å²) in [5.74, 6) is -1.64. The minimum atomic E-state index is -4.79. The maximum absolute atomic E-state index is 12.7. The van der Waals surface area contributed by atoms with Gasteiger partial charge in [0.25, 0.3) is 5.91 Å². The molecule has 1 rings (SSSR count). The lowest BCUT2D eigenvalue weighted by Crippen LogP contribution is -2.20. The fraction of sp³-hybridized carbons (Fsp3) is 0.200. The van der Waals surface area contributed by atoms with Crippen LogP contribution >= 0.6 is 0 Å². The number of nitrogens with zero attached hydrogens (tertiary/aromatic N) is 1. The summed E-state index contributed by atoms with van der Waals surface area (Å²) in [5, 5.41) is 8.59. The number of methoxy groups -OCH3 is 1. The van der Waals surface area contributed by atoms with Crippen LogP contribution < -0.4 is 10.5 Å². The third kappa shape index (κ3) is 2.47. The first-order valence-corrected chi connectivity index (χ1v) is 4.30. The van der Waals surface area contributed by atoms with Crippen LogP contribution in [-0.2, 0) is 6.18 Å². The zero-order valence-electron chi connectivity index (χ0n) is 8.63. The summed E-state index contributed by atoms with van der Waals surface area (Å²) >= 11 is 0. The Morgan fingerprint density at radius 1 is 1.47 bits per heavy atom. The number of alkyl halides is 3. The van der Waals surface area contributed by atoms with Crippen LogP contribution in [0.5, 0.6) is 5.75 Å². The van der Waals surface area contributed by atoms with E-state index in [9.17, 15) is 18.0 Å².